The van der Waals surface area contributed by atoms with Crippen LogP contribution in [0.15, 0.2) is 34.0 Å². The number of hydrogen-bond donors (Lipinski definition) is 2. The maximum Gasteiger partial charge on any atom is 0.293 e. The van der Waals surface area contributed by atoms with Gasteiger partial charge in [-0.05, 0) is 42.1 Å². The third kappa shape index (κ3) is 4.12. The molecule has 2 aromatic heterocycles. The van der Waals surface area contributed by atoms with E-state index >= 15 is 0 Å². The molecule has 3 N–H and O–H groups in total. The fourth-order valence-corrected chi connectivity index (χ4v) is 2.19. The average Bonchev–Trinajstić information content (AvgIpc) is 3.22. The molecule has 3 rings (SSSR count). The fraction of sp³-hybridized carbons (Fsp3) is 0.200. The highest BCUT2D eigenvalue weighted by Crippen LogP contribution is 2.16. The number of nitrogen functional groups attached to an aromatic ring is 1. The minimum Gasteiger partial charge on any atom is -0.378 e. The summed E-state index contributed by atoms with van der Waals surface area (Å²) >= 11 is 0. The third-order valence-electron chi connectivity index (χ3n) is 3.39. The van der Waals surface area contributed by atoms with E-state index in [2.05, 4.69) is 35.8 Å². The summed E-state index contributed by atoms with van der Waals surface area (Å²) < 4.78 is 18.7. The van der Waals surface area contributed by atoms with Crippen molar-refractivity contribution in [1.29, 1.82) is 0 Å². The highest BCUT2D eigenvalue weighted by molar-refractivity contribution is 5.94. The Labute approximate surface area is 152 Å². The Morgan fingerprint density at radius 2 is 2.11 bits per heavy atom. The normalized spacial score (nSPS) is 11.4. The molecule has 27 heavy (non-hydrogen) atoms. The van der Waals surface area contributed by atoms with E-state index in [0.717, 1.165) is 0 Å². The third-order valence-corrected chi connectivity index (χ3v) is 3.39. The quantitative estimate of drug-likeness (QED) is 0.461. The second-order valence-corrected chi connectivity index (χ2v) is 5.76. The number of benzene rings is 1. The van der Waals surface area contributed by atoms with Crippen LogP contribution in [0.3, 0.4) is 0 Å². The van der Waals surface area contributed by atoms with Crippen LogP contribution in [-0.4, -0.2) is 56.4 Å². The first-order chi connectivity index (χ1) is 13.0. The standard InChI is InChI=1S/C15H16FN9O2/c1-24(2)8-11-12(19-23-25(11)14-13(17)21-27-22-14)15(26)20-18-7-9-3-5-10(16)6-4-9/h3-7H,8H2,1-2H3,(H2,17,21)(H,20,26). The number of halogens is 1. The number of hydrogen-bond acceptors (Lipinski definition) is 9. The maximum absolute atomic E-state index is 12.9. The van der Waals surface area contributed by atoms with Crippen molar-refractivity contribution in [2.45, 2.75) is 6.54 Å². The zero-order chi connectivity index (χ0) is 19.4. The van der Waals surface area contributed by atoms with Gasteiger partial charge in [-0.25, -0.2) is 14.4 Å². The van der Waals surface area contributed by atoms with E-state index < -0.39 is 5.91 Å². The molecule has 0 saturated heterocycles. The van der Waals surface area contributed by atoms with Crippen LogP contribution in [0, 0.1) is 5.82 Å². The molecular weight excluding hydrogens is 357 g/mol. The van der Waals surface area contributed by atoms with Crippen LogP contribution in [0.25, 0.3) is 5.82 Å². The summed E-state index contributed by atoms with van der Waals surface area (Å²) in [6.07, 6.45) is 1.38. The molecule has 0 aliphatic carbocycles. The topological polar surface area (TPSA) is 140 Å². The van der Waals surface area contributed by atoms with Crippen molar-refractivity contribution in [2.24, 2.45) is 5.10 Å². The highest BCUT2D eigenvalue weighted by Gasteiger charge is 2.24. The number of carbonyl (C=O) groups is 1. The first-order valence-electron chi connectivity index (χ1n) is 7.72. The zero-order valence-electron chi connectivity index (χ0n) is 14.5. The van der Waals surface area contributed by atoms with E-state index in [1.807, 2.05) is 19.0 Å². The van der Waals surface area contributed by atoms with Crippen LogP contribution in [0.1, 0.15) is 21.7 Å². The molecular formula is C15H16FN9O2. The van der Waals surface area contributed by atoms with Crippen molar-refractivity contribution in [2.75, 3.05) is 19.8 Å². The Kier molecular flexibility index (Phi) is 5.17. The highest BCUT2D eigenvalue weighted by atomic mass is 19.1. The van der Waals surface area contributed by atoms with Gasteiger partial charge in [-0.15, -0.1) is 5.10 Å². The number of nitrogens with one attached hydrogen (secondary N) is 1. The molecule has 3 aromatic rings. The van der Waals surface area contributed by atoms with Gasteiger partial charge in [0.2, 0.25) is 11.6 Å². The van der Waals surface area contributed by atoms with Gasteiger partial charge < -0.3 is 10.6 Å². The van der Waals surface area contributed by atoms with Crippen molar-refractivity contribution in [3.05, 3.63) is 47.0 Å². The molecule has 1 aromatic carbocycles. The second-order valence-electron chi connectivity index (χ2n) is 5.76. The van der Waals surface area contributed by atoms with Gasteiger partial charge in [0.15, 0.2) is 5.69 Å². The number of rotatable bonds is 6. The van der Waals surface area contributed by atoms with Crippen molar-refractivity contribution >= 4 is 17.9 Å². The summed E-state index contributed by atoms with van der Waals surface area (Å²) in [4.78, 5) is 14.3. The smallest absolute Gasteiger partial charge is 0.293 e. The van der Waals surface area contributed by atoms with Crippen LogP contribution in [0.2, 0.25) is 0 Å². The Morgan fingerprint density at radius 1 is 1.37 bits per heavy atom. The van der Waals surface area contributed by atoms with Crippen molar-refractivity contribution in [3.8, 4) is 5.82 Å². The number of nitrogens with zero attached hydrogens (tertiary/aromatic N) is 7. The monoisotopic (exact) mass is 373 g/mol. The van der Waals surface area contributed by atoms with Crippen molar-refractivity contribution < 1.29 is 13.8 Å². The molecule has 0 aliphatic heterocycles. The number of aromatic nitrogens is 5. The van der Waals surface area contributed by atoms with Crippen LogP contribution >= 0.6 is 0 Å². The minimum atomic E-state index is -0.577. The summed E-state index contributed by atoms with van der Waals surface area (Å²) in [5.74, 6) is -0.788. The van der Waals surface area contributed by atoms with Crippen LogP contribution in [-0.2, 0) is 6.54 Å². The molecule has 1 amide bonds. The second kappa shape index (κ2) is 7.70. The maximum atomic E-state index is 12.9. The molecule has 0 bridgehead atoms. The molecule has 0 unspecified atom stereocenters. The number of nitrogens with two attached hydrogens (primary N) is 1. The molecule has 11 nitrogen and oxygen atoms in total. The molecule has 0 spiro atoms. The molecule has 0 saturated carbocycles. The minimum absolute atomic E-state index is 0.0150. The van der Waals surface area contributed by atoms with E-state index in [-0.39, 0.29) is 23.1 Å². The summed E-state index contributed by atoms with van der Waals surface area (Å²) in [6, 6.07) is 5.64. The van der Waals surface area contributed by atoms with Gasteiger partial charge in [0, 0.05) is 6.54 Å². The summed E-state index contributed by atoms with van der Waals surface area (Å²) in [7, 11) is 3.63. The first kappa shape index (κ1) is 18.1. The number of hydrazone groups is 1. The van der Waals surface area contributed by atoms with Crippen LogP contribution in [0.4, 0.5) is 10.2 Å². The van der Waals surface area contributed by atoms with Gasteiger partial charge in [-0.3, -0.25) is 4.79 Å². The Hall–Kier alpha value is -3.67. The SMILES string of the molecule is CN(C)Cc1c(C(=O)NN=Cc2ccc(F)cc2)nnn1-c1nonc1N. The molecule has 12 heteroatoms. The number of amides is 1. The molecule has 2 heterocycles. The number of carbonyl (C=O) groups excluding carboxylic acids is 1. The lowest BCUT2D eigenvalue weighted by molar-refractivity contribution is 0.0948. The van der Waals surface area contributed by atoms with E-state index in [0.29, 0.717) is 17.8 Å². The van der Waals surface area contributed by atoms with Crippen LogP contribution < -0.4 is 11.2 Å². The molecule has 0 fully saturated rings. The zero-order valence-corrected chi connectivity index (χ0v) is 14.5. The van der Waals surface area contributed by atoms with E-state index in [4.69, 9.17) is 5.73 Å². The van der Waals surface area contributed by atoms with Gasteiger partial charge in [0.05, 0.1) is 11.9 Å². The molecule has 0 aliphatic rings. The summed E-state index contributed by atoms with van der Waals surface area (Å²) in [5.41, 5.74) is 9.15. The predicted molar refractivity (Wildman–Crippen MR) is 92.5 cm³/mol. The van der Waals surface area contributed by atoms with Gasteiger partial charge in [0.25, 0.3) is 5.91 Å². The van der Waals surface area contributed by atoms with E-state index in [9.17, 15) is 9.18 Å². The van der Waals surface area contributed by atoms with Gasteiger partial charge in [0.1, 0.15) is 5.82 Å². The summed E-state index contributed by atoms with van der Waals surface area (Å²) in [5, 5.41) is 18.8. The van der Waals surface area contributed by atoms with E-state index in [1.54, 1.807) is 0 Å². The lowest BCUT2D eigenvalue weighted by atomic mass is 10.2. The molecule has 0 radical (unpaired) electrons. The van der Waals surface area contributed by atoms with Gasteiger partial charge in [-0.1, -0.05) is 17.3 Å². The lowest BCUT2D eigenvalue weighted by Gasteiger charge is -2.11. The van der Waals surface area contributed by atoms with Crippen LogP contribution in [0.5, 0.6) is 0 Å². The van der Waals surface area contributed by atoms with E-state index in [1.165, 1.54) is 35.2 Å². The van der Waals surface area contributed by atoms with Gasteiger partial charge in [-0.2, -0.15) is 9.78 Å². The first-order valence-corrected chi connectivity index (χ1v) is 7.72. The molecule has 0 atom stereocenters. The molecule has 140 valence electrons. The average molecular weight is 373 g/mol. The number of anilines is 1. The lowest BCUT2D eigenvalue weighted by Crippen LogP contribution is -2.23. The Morgan fingerprint density at radius 3 is 2.74 bits per heavy atom. The van der Waals surface area contributed by atoms with Gasteiger partial charge >= 0.3 is 0 Å². The Bertz CT molecular complexity index is 962. The largest absolute Gasteiger partial charge is 0.378 e. The fourth-order valence-electron chi connectivity index (χ4n) is 2.19. The Balaban J connectivity index is 1.82. The summed E-state index contributed by atoms with van der Waals surface area (Å²) in [6.45, 7) is 0.323. The predicted octanol–water partition coefficient (Wildman–Crippen LogP) is 0.197. The van der Waals surface area contributed by atoms with Crippen molar-refractivity contribution in [3.63, 3.8) is 0 Å². The van der Waals surface area contributed by atoms with Crippen molar-refractivity contribution in [1.82, 2.24) is 35.6 Å².